The topological polar surface area (TPSA) is 26.3 Å². The summed E-state index contributed by atoms with van der Waals surface area (Å²) < 4.78 is 5.50. The van der Waals surface area contributed by atoms with Gasteiger partial charge in [0.25, 0.3) is 0 Å². The summed E-state index contributed by atoms with van der Waals surface area (Å²) in [5.74, 6) is -0.298. The van der Waals surface area contributed by atoms with Gasteiger partial charge in [0.05, 0.1) is 12.7 Å². The van der Waals surface area contributed by atoms with Crippen molar-refractivity contribution in [3.63, 3.8) is 0 Å². The molecule has 0 aliphatic heterocycles. The molecule has 0 aliphatic rings. The van der Waals surface area contributed by atoms with E-state index in [0.29, 0.717) is 5.56 Å². The number of hydrogen-bond donors (Lipinski definition) is 0. The lowest BCUT2D eigenvalue weighted by Gasteiger charge is -2.08. The van der Waals surface area contributed by atoms with Crippen LogP contribution >= 0.6 is 31.9 Å². The Labute approximate surface area is 99.9 Å². The summed E-state index contributed by atoms with van der Waals surface area (Å²) in [6, 6.07) is 5.68. The molecule has 0 saturated heterocycles. The molecule has 0 atom stereocenters. The molecule has 0 aromatic heterocycles. The van der Waals surface area contributed by atoms with E-state index in [2.05, 4.69) is 31.9 Å². The maximum Gasteiger partial charge on any atom is 0.339 e. The van der Waals surface area contributed by atoms with E-state index in [4.69, 9.17) is 4.74 Å². The van der Waals surface area contributed by atoms with Gasteiger partial charge in [-0.25, -0.2) is 4.79 Å². The molecule has 0 N–H and O–H groups in total. The SMILES string of the molecule is COC(=O)c1c(Br)cccc1CCBr. The second-order valence-electron chi connectivity index (χ2n) is 2.70. The number of ether oxygens (including phenoxy) is 1. The van der Waals surface area contributed by atoms with E-state index in [1.807, 2.05) is 18.2 Å². The van der Waals surface area contributed by atoms with E-state index in [1.54, 1.807) is 0 Å². The fraction of sp³-hybridized carbons (Fsp3) is 0.300. The molecule has 0 aliphatic carbocycles. The first-order chi connectivity index (χ1) is 6.70. The van der Waals surface area contributed by atoms with E-state index in [1.165, 1.54) is 7.11 Å². The highest BCUT2D eigenvalue weighted by Gasteiger charge is 2.14. The Hall–Kier alpha value is -0.350. The zero-order chi connectivity index (χ0) is 10.6. The van der Waals surface area contributed by atoms with Crippen molar-refractivity contribution in [2.24, 2.45) is 0 Å². The van der Waals surface area contributed by atoms with Crippen molar-refractivity contribution >= 4 is 37.8 Å². The highest BCUT2D eigenvalue weighted by Crippen LogP contribution is 2.22. The molecule has 76 valence electrons. The van der Waals surface area contributed by atoms with Crippen LogP contribution in [0, 0.1) is 0 Å². The van der Waals surface area contributed by atoms with Crippen LogP contribution in [-0.2, 0) is 11.2 Å². The maximum atomic E-state index is 11.5. The van der Waals surface area contributed by atoms with Gasteiger partial charge in [-0.1, -0.05) is 28.1 Å². The third-order valence-electron chi connectivity index (χ3n) is 1.85. The first-order valence-electron chi connectivity index (χ1n) is 4.12. The lowest BCUT2D eigenvalue weighted by Crippen LogP contribution is -2.07. The van der Waals surface area contributed by atoms with Gasteiger partial charge in [-0.15, -0.1) is 0 Å². The number of rotatable bonds is 3. The summed E-state index contributed by atoms with van der Waals surface area (Å²) in [5, 5.41) is 0.827. The fourth-order valence-corrected chi connectivity index (χ4v) is 2.21. The van der Waals surface area contributed by atoms with Gasteiger partial charge in [0.2, 0.25) is 0 Å². The average molecular weight is 322 g/mol. The summed E-state index contributed by atoms with van der Waals surface area (Å²) in [4.78, 5) is 11.5. The van der Waals surface area contributed by atoms with E-state index in [-0.39, 0.29) is 5.97 Å². The quantitative estimate of drug-likeness (QED) is 0.631. The van der Waals surface area contributed by atoms with Crippen LogP contribution in [0.4, 0.5) is 0 Å². The molecule has 1 aromatic rings. The number of carbonyl (C=O) groups is 1. The number of carbonyl (C=O) groups excluding carboxylic acids is 1. The minimum Gasteiger partial charge on any atom is -0.465 e. The number of hydrogen-bond acceptors (Lipinski definition) is 2. The van der Waals surface area contributed by atoms with Gasteiger partial charge in [-0.2, -0.15) is 0 Å². The van der Waals surface area contributed by atoms with Crippen LogP contribution in [0.15, 0.2) is 22.7 Å². The average Bonchev–Trinajstić information content (AvgIpc) is 2.18. The number of benzene rings is 1. The number of halogens is 2. The van der Waals surface area contributed by atoms with Crippen molar-refractivity contribution in [2.45, 2.75) is 6.42 Å². The zero-order valence-electron chi connectivity index (χ0n) is 7.72. The highest BCUT2D eigenvalue weighted by molar-refractivity contribution is 9.10. The third kappa shape index (κ3) is 2.58. The van der Waals surface area contributed by atoms with Crippen molar-refractivity contribution in [1.82, 2.24) is 0 Å². The summed E-state index contributed by atoms with van der Waals surface area (Å²) in [7, 11) is 1.39. The zero-order valence-corrected chi connectivity index (χ0v) is 10.9. The minimum atomic E-state index is -0.298. The van der Waals surface area contributed by atoms with Gasteiger partial charge in [0, 0.05) is 9.80 Å². The Bertz CT molecular complexity index is 337. The van der Waals surface area contributed by atoms with Gasteiger partial charge in [0.1, 0.15) is 0 Å². The molecule has 0 bridgehead atoms. The molecular formula is C10H10Br2O2. The third-order valence-corrected chi connectivity index (χ3v) is 2.91. The monoisotopic (exact) mass is 320 g/mol. The summed E-state index contributed by atoms with van der Waals surface area (Å²) in [5.41, 5.74) is 1.61. The number of aryl methyl sites for hydroxylation is 1. The standard InChI is InChI=1S/C10H10Br2O2/c1-14-10(13)9-7(5-6-11)3-2-4-8(9)12/h2-4H,5-6H2,1H3. The van der Waals surface area contributed by atoms with Crippen molar-refractivity contribution in [1.29, 1.82) is 0 Å². The smallest absolute Gasteiger partial charge is 0.339 e. The van der Waals surface area contributed by atoms with Gasteiger partial charge in [-0.05, 0) is 34.0 Å². The Morgan fingerprint density at radius 1 is 1.50 bits per heavy atom. The Morgan fingerprint density at radius 3 is 2.79 bits per heavy atom. The van der Waals surface area contributed by atoms with E-state index in [9.17, 15) is 4.79 Å². The predicted octanol–water partition coefficient (Wildman–Crippen LogP) is 3.17. The molecule has 0 heterocycles. The van der Waals surface area contributed by atoms with Crippen LogP contribution < -0.4 is 0 Å². The first kappa shape index (κ1) is 11.7. The Balaban J connectivity index is 3.15. The summed E-state index contributed by atoms with van der Waals surface area (Å²) >= 11 is 6.69. The number of alkyl halides is 1. The molecule has 2 nitrogen and oxygen atoms in total. The highest BCUT2D eigenvalue weighted by atomic mass is 79.9. The second-order valence-corrected chi connectivity index (χ2v) is 4.35. The van der Waals surface area contributed by atoms with Crippen LogP contribution in [0.3, 0.4) is 0 Å². The molecule has 1 rings (SSSR count). The van der Waals surface area contributed by atoms with E-state index in [0.717, 1.165) is 21.8 Å². The van der Waals surface area contributed by atoms with Crippen LogP contribution in [0.5, 0.6) is 0 Å². The van der Waals surface area contributed by atoms with Crippen LogP contribution in [0.1, 0.15) is 15.9 Å². The first-order valence-corrected chi connectivity index (χ1v) is 6.03. The predicted molar refractivity (Wildman–Crippen MR) is 63.0 cm³/mol. The Kier molecular flexibility index (Phi) is 4.62. The lowest BCUT2D eigenvalue weighted by molar-refractivity contribution is 0.0598. The van der Waals surface area contributed by atoms with Crippen molar-refractivity contribution < 1.29 is 9.53 Å². The van der Waals surface area contributed by atoms with E-state index < -0.39 is 0 Å². The van der Waals surface area contributed by atoms with Crippen molar-refractivity contribution in [3.8, 4) is 0 Å². The largest absolute Gasteiger partial charge is 0.465 e. The molecule has 0 spiro atoms. The van der Waals surface area contributed by atoms with Crippen LogP contribution in [0.2, 0.25) is 0 Å². The van der Waals surface area contributed by atoms with Crippen LogP contribution in [-0.4, -0.2) is 18.4 Å². The normalized spacial score (nSPS) is 9.93. The summed E-state index contributed by atoms with van der Waals surface area (Å²) in [6.07, 6.45) is 0.809. The molecule has 4 heteroatoms. The molecule has 14 heavy (non-hydrogen) atoms. The maximum absolute atomic E-state index is 11.5. The van der Waals surface area contributed by atoms with Gasteiger partial charge < -0.3 is 4.74 Å². The number of esters is 1. The minimum absolute atomic E-state index is 0.298. The molecule has 1 aromatic carbocycles. The molecular weight excluding hydrogens is 312 g/mol. The van der Waals surface area contributed by atoms with Crippen LogP contribution in [0.25, 0.3) is 0 Å². The molecule has 0 saturated carbocycles. The van der Waals surface area contributed by atoms with Gasteiger partial charge in [-0.3, -0.25) is 0 Å². The number of methoxy groups -OCH3 is 1. The van der Waals surface area contributed by atoms with Gasteiger partial charge >= 0.3 is 5.97 Å². The molecule has 0 amide bonds. The fourth-order valence-electron chi connectivity index (χ4n) is 1.21. The van der Waals surface area contributed by atoms with Crippen molar-refractivity contribution in [2.75, 3.05) is 12.4 Å². The Morgan fingerprint density at radius 2 is 2.21 bits per heavy atom. The molecule has 0 radical (unpaired) electrons. The summed E-state index contributed by atoms with van der Waals surface area (Å²) in [6.45, 7) is 0. The van der Waals surface area contributed by atoms with Crippen molar-refractivity contribution in [3.05, 3.63) is 33.8 Å². The van der Waals surface area contributed by atoms with E-state index >= 15 is 0 Å². The molecule has 0 unspecified atom stereocenters. The molecule has 0 fully saturated rings. The second kappa shape index (κ2) is 5.51. The lowest BCUT2D eigenvalue weighted by atomic mass is 10.1. The van der Waals surface area contributed by atoms with Gasteiger partial charge in [0.15, 0.2) is 0 Å².